The summed E-state index contributed by atoms with van der Waals surface area (Å²) in [5.41, 5.74) is 1.60. The second-order valence-corrected chi connectivity index (χ2v) is 7.21. The van der Waals surface area contributed by atoms with Crippen molar-refractivity contribution in [3.8, 4) is 0 Å². The third kappa shape index (κ3) is 7.53. The second kappa shape index (κ2) is 11.1. The molecule has 9 heteroatoms. The van der Waals surface area contributed by atoms with Crippen molar-refractivity contribution >= 4 is 47.1 Å². The molecule has 1 amide bonds. The van der Waals surface area contributed by atoms with E-state index in [1.165, 1.54) is 0 Å². The van der Waals surface area contributed by atoms with Gasteiger partial charge in [-0.1, -0.05) is 12.1 Å². The Kier molecular flexibility index (Phi) is 9.50. The van der Waals surface area contributed by atoms with Crippen molar-refractivity contribution in [1.29, 1.82) is 0 Å². The number of aromatic nitrogens is 2. The summed E-state index contributed by atoms with van der Waals surface area (Å²) in [6, 6.07) is 8.05. The molecule has 0 aliphatic carbocycles. The van der Waals surface area contributed by atoms with Gasteiger partial charge in [-0.3, -0.25) is 4.99 Å². The molecule has 1 aromatic heterocycles. The molecule has 0 atom stereocenters. The monoisotopic (exact) mass is 502 g/mol. The van der Waals surface area contributed by atoms with Gasteiger partial charge in [0.1, 0.15) is 11.4 Å². The molecule has 0 fully saturated rings. The Labute approximate surface area is 183 Å². The topological polar surface area (TPSA) is 92.6 Å². The molecule has 3 N–H and O–H groups in total. The summed E-state index contributed by atoms with van der Waals surface area (Å²) in [6.45, 7) is 7.31. The van der Waals surface area contributed by atoms with E-state index in [0.717, 1.165) is 23.3 Å². The lowest BCUT2D eigenvalue weighted by Crippen LogP contribution is -2.39. The van der Waals surface area contributed by atoms with Gasteiger partial charge in [-0.05, 0) is 39.3 Å². The molecule has 2 aromatic rings. The highest BCUT2D eigenvalue weighted by molar-refractivity contribution is 14.0. The molecule has 0 spiro atoms. The fourth-order valence-electron chi connectivity index (χ4n) is 2.54. The van der Waals surface area contributed by atoms with Crippen LogP contribution in [0.15, 0.2) is 29.3 Å². The van der Waals surface area contributed by atoms with Crippen LogP contribution in [-0.4, -0.2) is 47.3 Å². The molecular weight excluding hydrogens is 471 g/mol. The minimum absolute atomic E-state index is 0. The first kappa shape index (κ1) is 24.0. The van der Waals surface area contributed by atoms with E-state index in [1.807, 2.05) is 46.0 Å². The maximum Gasteiger partial charge on any atom is 0.407 e. The lowest BCUT2D eigenvalue weighted by molar-refractivity contribution is 0.0527. The van der Waals surface area contributed by atoms with E-state index in [4.69, 9.17) is 4.74 Å². The van der Waals surface area contributed by atoms with E-state index in [0.29, 0.717) is 25.6 Å². The van der Waals surface area contributed by atoms with Crippen LogP contribution in [0.25, 0.3) is 11.0 Å². The number of halogens is 1. The van der Waals surface area contributed by atoms with Crippen LogP contribution in [0.4, 0.5) is 4.79 Å². The zero-order chi connectivity index (χ0) is 19.9. The van der Waals surface area contributed by atoms with Gasteiger partial charge in [0.05, 0.1) is 17.6 Å². The number of carbonyl (C=O) groups excluding carboxylic acids is 1. The molecule has 0 unspecified atom stereocenters. The van der Waals surface area contributed by atoms with Crippen LogP contribution in [0, 0.1) is 0 Å². The van der Waals surface area contributed by atoms with E-state index in [-0.39, 0.29) is 24.0 Å². The number of amides is 1. The summed E-state index contributed by atoms with van der Waals surface area (Å²) in [4.78, 5) is 20.4. The first-order valence-corrected chi connectivity index (χ1v) is 9.12. The number of guanidine groups is 1. The number of nitrogens with one attached hydrogen (secondary N) is 3. The number of rotatable bonds is 6. The number of nitrogens with zero attached hydrogens (tertiary/aromatic N) is 3. The van der Waals surface area contributed by atoms with Crippen LogP contribution in [0.3, 0.4) is 0 Å². The average Bonchev–Trinajstić information content (AvgIpc) is 2.92. The van der Waals surface area contributed by atoms with Gasteiger partial charge in [0, 0.05) is 27.2 Å². The molecule has 0 saturated heterocycles. The third-order valence-corrected chi connectivity index (χ3v) is 3.83. The van der Waals surface area contributed by atoms with E-state index in [2.05, 4.69) is 36.6 Å². The van der Waals surface area contributed by atoms with Crippen molar-refractivity contribution in [1.82, 2.24) is 25.5 Å². The Balaban J connectivity index is 0.00000392. The number of ether oxygens (including phenoxy) is 1. The lowest BCUT2D eigenvalue weighted by atomic mass is 10.2. The van der Waals surface area contributed by atoms with Crippen LogP contribution >= 0.6 is 24.0 Å². The van der Waals surface area contributed by atoms with Crippen LogP contribution in [0.1, 0.15) is 33.0 Å². The van der Waals surface area contributed by atoms with Gasteiger partial charge >= 0.3 is 6.09 Å². The van der Waals surface area contributed by atoms with Crippen molar-refractivity contribution < 1.29 is 9.53 Å². The Morgan fingerprint density at radius 3 is 2.50 bits per heavy atom. The largest absolute Gasteiger partial charge is 0.444 e. The number of carbonyl (C=O) groups is 1. The third-order valence-electron chi connectivity index (χ3n) is 3.83. The Bertz CT molecular complexity index is 797. The number of aryl methyl sites for hydroxylation is 1. The summed E-state index contributed by atoms with van der Waals surface area (Å²) >= 11 is 0. The summed E-state index contributed by atoms with van der Waals surface area (Å²) in [6.07, 6.45) is 0.360. The summed E-state index contributed by atoms with van der Waals surface area (Å²) in [5, 5.41) is 9.22. The molecule has 8 nitrogen and oxygen atoms in total. The fraction of sp³-hybridized carbons (Fsp3) is 0.526. The number of hydrogen-bond donors (Lipinski definition) is 3. The van der Waals surface area contributed by atoms with Gasteiger partial charge in [0.15, 0.2) is 5.96 Å². The number of para-hydroxylation sites is 2. The molecule has 0 saturated carbocycles. The predicted octanol–water partition coefficient (Wildman–Crippen LogP) is 2.77. The van der Waals surface area contributed by atoms with Crippen molar-refractivity contribution in [3.63, 3.8) is 0 Å². The quantitative estimate of drug-likeness (QED) is 0.245. The first-order chi connectivity index (χ1) is 12.8. The van der Waals surface area contributed by atoms with Gasteiger partial charge in [0.25, 0.3) is 0 Å². The molecule has 0 bridgehead atoms. The van der Waals surface area contributed by atoms with Crippen LogP contribution in [-0.2, 0) is 18.3 Å². The molecule has 28 heavy (non-hydrogen) atoms. The molecule has 0 aliphatic rings. The summed E-state index contributed by atoms with van der Waals surface area (Å²) < 4.78 is 7.26. The van der Waals surface area contributed by atoms with Gasteiger partial charge in [-0.2, -0.15) is 0 Å². The zero-order valence-electron chi connectivity index (χ0n) is 17.2. The van der Waals surface area contributed by atoms with Crippen molar-refractivity contribution in [2.24, 2.45) is 12.0 Å². The second-order valence-electron chi connectivity index (χ2n) is 7.21. The maximum atomic E-state index is 11.6. The van der Waals surface area contributed by atoms with E-state index < -0.39 is 11.7 Å². The number of aliphatic imine (C=N–C) groups is 1. The number of alkyl carbamates (subject to hydrolysis) is 1. The normalized spacial score (nSPS) is 11.7. The molecule has 2 rings (SSSR count). The van der Waals surface area contributed by atoms with E-state index in [1.54, 1.807) is 7.05 Å². The molecule has 1 heterocycles. The minimum Gasteiger partial charge on any atom is -0.444 e. The SMILES string of the molecule is CN=C(NCCCNC(=O)OC(C)(C)C)NCc1nc2ccccc2n1C.I. The van der Waals surface area contributed by atoms with Gasteiger partial charge in [0.2, 0.25) is 0 Å². The van der Waals surface area contributed by atoms with Gasteiger partial charge in [-0.25, -0.2) is 9.78 Å². The standard InChI is InChI=1S/C19H30N6O2.HI/c1-19(2,3)27-18(26)22-12-8-11-21-17(20-4)23-13-16-24-14-9-6-7-10-15(14)25(16)5;/h6-7,9-10H,8,11-13H2,1-5H3,(H,22,26)(H2,20,21,23);1H. The number of hydrogen-bond acceptors (Lipinski definition) is 4. The highest BCUT2D eigenvalue weighted by Gasteiger charge is 2.15. The van der Waals surface area contributed by atoms with E-state index in [9.17, 15) is 4.79 Å². The molecule has 0 radical (unpaired) electrons. The molecule has 156 valence electrons. The van der Waals surface area contributed by atoms with Gasteiger partial charge in [-0.15, -0.1) is 24.0 Å². The van der Waals surface area contributed by atoms with E-state index >= 15 is 0 Å². The summed E-state index contributed by atoms with van der Waals surface area (Å²) in [5.74, 6) is 1.63. The molecular formula is C19H31IN6O2. The maximum absolute atomic E-state index is 11.6. The number of benzene rings is 1. The zero-order valence-corrected chi connectivity index (χ0v) is 19.5. The predicted molar refractivity (Wildman–Crippen MR) is 123 cm³/mol. The van der Waals surface area contributed by atoms with Crippen molar-refractivity contribution in [3.05, 3.63) is 30.1 Å². The number of fused-ring (bicyclic) bond motifs is 1. The first-order valence-electron chi connectivity index (χ1n) is 9.12. The smallest absolute Gasteiger partial charge is 0.407 e. The van der Waals surface area contributed by atoms with Crippen LogP contribution in [0.2, 0.25) is 0 Å². The Morgan fingerprint density at radius 1 is 1.18 bits per heavy atom. The number of imidazole rings is 1. The highest BCUT2D eigenvalue weighted by Crippen LogP contribution is 2.13. The van der Waals surface area contributed by atoms with Crippen molar-refractivity contribution in [2.45, 2.75) is 39.3 Å². The average molecular weight is 502 g/mol. The minimum atomic E-state index is -0.482. The summed E-state index contributed by atoms with van der Waals surface area (Å²) in [7, 11) is 3.73. The fourth-order valence-corrected chi connectivity index (χ4v) is 2.54. The van der Waals surface area contributed by atoms with Gasteiger partial charge < -0.3 is 25.3 Å². The van der Waals surface area contributed by atoms with Crippen LogP contribution < -0.4 is 16.0 Å². The lowest BCUT2D eigenvalue weighted by Gasteiger charge is -2.19. The Morgan fingerprint density at radius 2 is 1.86 bits per heavy atom. The highest BCUT2D eigenvalue weighted by atomic mass is 127. The Hall–Kier alpha value is -2.04. The molecule has 0 aliphatic heterocycles. The molecule has 1 aromatic carbocycles. The van der Waals surface area contributed by atoms with Crippen LogP contribution in [0.5, 0.6) is 0 Å². The van der Waals surface area contributed by atoms with Crippen molar-refractivity contribution in [2.75, 3.05) is 20.1 Å².